The van der Waals surface area contributed by atoms with Gasteiger partial charge in [0.05, 0.1) is 12.6 Å². The van der Waals surface area contributed by atoms with Crippen molar-refractivity contribution >= 4 is 30.7 Å². The molecule has 6 heteroatoms. The summed E-state index contributed by atoms with van der Waals surface area (Å²) in [4.78, 5) is 13.2. The molecule has 0 spiro atoms. The van der Waals surface area contributed by atoms with Crippen molar-refractivity contribution in [3.63, 3.8) is 0 Å². The Labute approximate surface area is 90.2 Å². The van der Waals surface area contributed by atoms with E-state index in [9.17, 15) is 4.79 Å². The number of halogens is 2. The highest BCUT2D eigenvalue weighted by atomic mass is 35.5. The van der Waals surface area contributed by atoms with Gasteiger partial charge >= 0.3 is 0 Å². The van der Waals surface area contributed by atoms with E-state index in [-0.39, 0.29) is 30.7 Å². The van der Waals surface area contributed by atoms with E-state index in [2.05, 4.69) is 22.6 Å². The topological polar surface area (TPSA) is 44.4 Å². The lowest BCUT2D eigenvalue weighted by Crippen LogP contribution is -2.58. The molecule has 0 saturated carbocycles. The Morgan fingerprint density at radius 1 is 1.31 bits per heavy atom. The molecule has 2 fully saturated rings. The number of likely N-dealkylation sites (N-methyl/N-ethyl adjacent to an activating group) is 1. The zero-order chi connectivity index (χ0) is 7.84. The number of fused-ring (bicyclic) bond motifs is 1. The summed E-state index contributed by atoms with van der Waals surface area (Å²) in [6, 6.07) is 0.805. The summed E-state index contributed by atoms with van der Waals surface area (Å²) in [6.45, 7) is 2.50. The van der Waals surface area contributed by atoms with Crippen molar-refractivity contribution in [2.45, 2.75) is 12.1 Å². The zero-order valence-corrected chi connectivity index (χ0v) is 9.08. The Hall–Kier alpha value is -0.0300. The molecule has 2 aliphatic rings. The molecular formula is C7H15Cl2N3O. The van der Waals surface area contributed by atoms with E-state index >= 15 is 0 Å². The average molecular weight is 228 g/mol. The van der Waals surface area contributed by atoms with Gasteiger partial charge in [-0.05, 0) is 7.05 Å². The van der Waals surface area contributed by atoms with Gasteiger partial charge in [0, 0.05) is 19.1 Å². The molecule has 78 valence electrons. The summed E-state index contributed by atoms with van der Waals surface area (Å²) in [5.41, 5.74) is 0. The molecule has 2 atom stereocenters. The van der Waals surface area contributed by atoms with Crippen LogP contribution in [0.4, 0.5) is 0 Å². The summed E-state index contributed by atoms with van der Waals surface area (Å²) in [6.07, 6.45) is 0. The molecule has 0 aliphatic carbocycles. The number of carbonyl (C=O) groups excluding carboxylic acids is 1. The molecule has 4 nitrogen and oxygen atoms in total. The lowest BCUT2D eigenvalue weighted by Gasteiger charge is -2.26. The van der Waals surface area contributed by atoms with E-state index in [0.29, 0.717) is 18.6 Å². The number of rotatable bonds is 0. The van der Waals surface area contributed by atoms with Gasteiger partial charge in [-0.25, -0.2) is 0 Å². The van der Waals surface area contributed by atoms with Crippen LogP contribution in [0.15, 0.2) is 0 Å². The molecule has 0 bridgehead atoms. The molecule has 2 rings (SSSR count). The van der Waals surface area contributed by atoms with Crippen LogP contribution >= 0.6 is 24.8 Å². The summed E-state index contributed by atoms with van der Waals surface area (Å²) in [7, 11) is 2.08. The van der Waals surface area contributed by atoms with Crippen molar-refractivity contribution in [1.29, 1.82) is 0 Å². The molecule has 0 radical (unpaired) electrons. The third-order valence-corrected chi connectivity index (χ3v) is 2.37. The minimum Gasteiger partial charge on any atom is -0.349 e. The Kier molecular flexibility index (Phi) is 4.99. The molecule has 2 heterocycles. The maximum atomic E-state index is 10.9. The van der Waals surface area contributed by atoms with Crippen LogP contribution in [0.3, 0.4) is 0 Å². The van der Waals surface area contributed by atoms with Gasteiger partial charge in [0.1, 0.15) is 0 Å². The van der Waals surface area contributed by atoms with Gasteiger partial charge in [-0.15, -0.1) is 24.8 Å². The molecule has 2 aliphatic heterocycles. The molecular weight excluding hydrogens is 213 g/mol. The number of amides is 1. The van der Waals surface area contributed by atoms with Crippen molar-refractivity contribution in [3.05, 3.63) is 0 Å². The van der Waals surface area contributed by atoms with Crippen LogP contribution in [0.5, 0.6) is 0 Å². The van der Waals surface area contributed by atoms with E-state index in [0.717, 1.165) is 13.1 Å². The minimum atomic E-state index is 0. The number of hydrogen-bond acceptors (Lipinski definition) is 3. The first-order valence-corrected chi connectivity index (χ1v) is 3.97. The maximum Gasteiger partial charge on any atom is 0.234 e. The summed E-state index contributed by atoms with van der Waals surface area (Å²) in [5.74, 6) is 0.126. The second-order valence-corrected chi connectivity index (χ2v) is 3.38. The van der Waals surface area contributed by atoms with Crippen LogP contribution in [0.1, 0.15) is 0 Å². The van der Waals surface area contributed by atoms with Crippen LogP contribution in [-0.2, 0) is 4.79 Å². The molecule has 0 unspecified atom stereocenters. The fourth-order valence-corrected chi connectivity index (χ4v) is 1.84. The van der Waals surface area contributed by atoms with Crippen molar-refractivity contribution in [2.24, 2.45) is 0 Å². The predicted molar refractivity (Wildman–Crippen MR) is 55.7 cm³/mol. The number of carbonyl (C=O) groups is 1. The van der Waals surface area contributed by atoms with Gasteiger partial charge in [0.2, 0.25) is 5.91 Å². The molecule has 0 aromatic rings. The van der Waals surface area contributed by atoms with Crippen molar-refractivity contribution in [2.75, 3.05) is 26.7 Å². The summed E-state index contributed by atoms with van der Waals surface area (Å²) < 4.78 is 0. The van der Waals surface area contributed by atoms with Crippen molar-refractivity contribution in [1.82, 2.24) is 15.5 Å². The predicted octanol–water partition coefficient (Wildman–Crippen LogP) is -0.768. The van der Waals surface area contributed by atoms with Crippen LogP contribution in [-0.4, -0.2) is 49.6 Å². The van der Waals surface area contributed by atoms with Crippen molar-refractivity contribution in [3.8, 4) is 0 Å². The molecule has 2 saturated heterocycles. The lowest BCUT2D eigenvalue weighted by molar-refractivity contribution is -0.122. The third-order valence-electron chi connectivity index (χ3n) is 2.37. The SMILES string of the molecule is CN1C[C@@H]2NCC(=O)N[C@H]2C1.Cl.Cl. The van der Waals surface area contributed by atoms with Crippen LogP contribution in [0, 0.1) is 0 Å². The standard InChI is InChI=1S/C7H13N3O.2ClH/c1-10-3-5-6(4-10)9-7(11)2-8-5;;/h5-6,8H,2-4H2,1H3,(H,9,11);2*1H/t5-,6-;;/m0../s1. The number of nitrogens with one attached hydrogen (secondary N) is 2. The highest BCUT2D eigenvalue weighted by Gasteiger charge is 2.34. The van der Waals surface area contributed by atoms with E-state index in [4.69, 9.17) is 0 Å². The molecule has 0 aromatic heterocycles. The zero-order valence-electron chi connectivity index (χ0n) is 7.45. The third kappa shape index (κ3) is 2.71. The highest BCUT2D eigenvalue weighted by Crippen LogP contribution is 2.09. The minimum absolute atomic E-state index is 0. The molecule has 0 aromatic carbocycles. The molecule has 13 heavy (non-hydrogen) atoms. The number of piperazine rings is 1. The van der Waals surface area contributed by atoms with Gasteiger partial charge in [-0.1, -0.05) is 0 Å². The second-order valence-electron chi connectivity index (χ2n) is 3.38. The Bertz CT molecular complexity index is 191. The first kappa shape index (κ1) is 13.0. The fourth-order valence-electron chi connectivity index (χ4n) is 1.84. The number of nitrogens with zero attached hydrogens (tertiary/aromatic N) is 1. The fraction of sp³-hybridized carbons (Fsp3) is 0.857. The largest absolute Gasteiger partial charge is 0.349 e. The quantitative estimate of drug-likeness (QED) is 0.572. The van der Waals surface area contributed by atoms with Crippen LogP contribution in [0.2, 0.25) is 0 Å². The van der Waals surface area contributed by atoms with Gasteiger partial charge in [-0.3, -0.25) is 4.79 Å². The van der Waals surface area contributed by atoms with Gasteiger partial charge in [0.25, 0.3) is 0 Å². The first-order valence-electron chi connectivity index (χ1n) is 3.97. The van der Waals surface area contributed by atoms with E-state index in [1.165, 1.54) is 0 Å². The van der Waals surface area contributed by atoms with Gasteiger partial charge < -0.3 is 15.5 Å². The maximum absolute atomic E-state index is 10.9. The highest BCUT2D eigenvalue weighted by molar-refractivity contribution is 5.85. The lowest BCUT2D eigenvalue weighted by atomic mass is 10.1. The van der Waals surface area contributed by atoms with Crippen molar-refractivity contribution < 1.29 is 4.79 Å². The normalized spacial score (nSPS) is 32.5. The summed E-state index contributed by atoms with van der Waals surface area (Å²) >= 11 is 0. The molecule has 1 amide bonds. The van der Waals surface area contributed by atoms with E-state index in [1.54, 1.807) is 0 Å². The molecule has 2 N–H and O–H groups in total. The smallest absolute Gasteiger partial charge is 0.234 e. The Morgan fingerprint density at radius 3 is 2.62 bits per heavy atom. The average Bonchev–Trinajstić information content (AvgIpc) is 2.27. The monoisotopic (exact) mass is 227 g/mol. The van der Waals surface area contributed by atoms with Gasteiger partial charge in [-0.2, -0.15) is 0 Å². The van der Waals surface area contributed by atoms with Crippen LogP contribution < -0.4 is 10.6 Å². The van der Waals surface area contributed by atoms with Crippen LogP contribution in [0.25, 0.3) is 0 Å². The number of hydrogen-bond donors (Lipinski definition) is 2. The first-order chi connectivity index (χ1) is 5.25. The second kappa shape index (κ2) is 5.00. The van der Waals surface area contributed by atoms with E-state index in [1.807, 2.05) is 0 Å². The number of likely N-dealkylation sites (tertiary alicyclic amines) is 1. The van der Waals surface area contributed by atoms with Gasteiger partial charge in [0.15, 0.2) is 0 Å². The Balaban J connectivity index is 0.000000720. The Morgan fingerprint density at radius 2 is 1.92 bits per heavy atom. The summed E-state index contributed by atoms with van der Waals surface area (Å²) in [5, 5.41) is 6.17. The van der Waals surface area contributed by atoms with E-state index < -0.39 is 0 Å².